The molecule has 3 nitrogen and oxygen atoms in total. The standard InChI is InChI=1S/C19H23ClN2O/c20-19-6-3-15(7-8-21)13-18(19)17-4-1-16(2-5-17)14-22-9-11-23-12-10-22/h1-6,13H,7-12,14,21H2. The molecule has 0 aromatic heterocycles. The van der Waals surface area contributed by atoms with Gasteiger partial charge < -0.3 is 10.5 Å². The molecule has 4 heteroatoms. The van der Waals surface area contributed by atoms with Gasteiger partial charge in [-0.2, -0.15) is 0 Å². The highest BCUT2D eigenvalue weighted by molar-refractivity contribution is 6.33. The summed E-state index contributed by atoms with van der Waals surface area (Å²) in [5, 5.41) is 0.784. The Morgan fingerprint density at radius 2 is 1.70 bits per heavy atom. The summed E-state index contributed by atoms with van der Waals surface area (Å²) in [5.41, 5.74) is 10.4. The minimum atomic E-state index is 0.652. The maximum atomic E-state index is 6.37. The number of ether oxygens (including phenoxy) is 1. The van der Waals surface area contributed by atoms with Gasteiger partial charge in [-0.3, -0.25) is 4.90 Å². The Morgan fingerprint density at radius 1 is 1.00 bits per heavy atom. The zero-order valence-electron chi connectivity index (χ0n) is 13.3. The van der Waals surface area contributed by atoms with Gasteiger partial charge in [0, 0.05) is 30.2 Å². The van der Waals surface area contributed by atoms with Gasteiger partial charge in [-0.05, 0) is 41.8 Å². The van der Waals surface area contributed by atoms with E-state index in [4.69, 9.17) is 22.1 Å². The third-order valence-corrected chi connectivity index (χ3v) is 4.57. The van der Waals surface area contributed by atoms with Crippen LogP contribution in [0.5, 0.6) is 0 Å². The average Bonchev–Trinajstić information content (AvgIpc) is 2.59. The Balaban J connectivity index is 1.75. The van der Waals surface area contributed by atoms with Crippen LogP contribution in [0.1, 0.15) is 11.1 Å². The molecule has 2 N–H and O–H groups in total. The van der Waals surface area contributed by atoms with E-state index >= 15 is 0 Å². The Kier molecular flexibility index (Phi) is 5.68. The highest BCUT2D eigenvalue weighted by Gasteiger charge is 2.11. The SMILES string of the molecule is NCCc1ccc(Cl)c(-c2ccc(CN3CCOCC3)cc2)c1. The highest BCUT2D eigenvalue weighted by atomic mass is 35.5. The van der Waals surface area contributed by atoms with Gasteiger partial charge in [-0.1, -0.05) is 41.9 Å². The maximum absolute atomic E-state index is 6.37. The van der Waals surface area contributed by atoms with Gasteiger partial charge in [-0.25, -0.2) is 0 Å². The van der Waals surface area contributed by atoms with Crippen LogP contribution < -0.4 is 5.73 Å². The fourth-order valence-electron chi connectivity index (χ4n) is 2.92. The van der Waals surface area contributed by atoms with Crippen molar-refractivity contribution in [2.45, 2.75) is 13.0 Å². The van der Waals surface area contributed by atoms with Crippen molar-refractivity contribution in [3.05, 3.63) is 58.6 Å². The Morgan fingerprint density at radius 3 is 2.39 bits per heavy atom. The monoisotopic (exact) mass is 330 g/mol. The number of benzene rings is 2. The summed E-state index contributed by atoms with van der Waals surface area (Å²) in [6, 6.07) is 14.8. The minimum Gasteiger partial charge on any atom is -0.379 e. The number of hydrogen-bond acceptors (Lipinski definition) is 3. The molecular weight excluding hydrogens is 308 g/mol. The summed E-state index contributed by atoms with van der Waals surface area (Å²) in [6.45, 7) is 5.32. The van der Waals surface area contributed by atoms with E-state index in [0.717, 1.165) is 55.4 Å². The summed E-state index contributed by atoms with van der Waals surface area (Å²) in [4.78, 5) is 2.42. The van der Waals surface area contributed by atoms with E-state index in [1.54, 1.807) is 0 Å². The number of halogens is 1. The molecule has 0 atom stereocenters. The molecular formula is C19H23ClN2O. The smallest absolute Gasteiger partial charge is 0.0594 e. The fourth-order valence-corrected chi connectivity index (χ4v) is 3.15. The van der Waals surface area contributed by atoms with Crippen LogP contribution in [-0.4, -0.2) is 37.7 Å². The van der Waals surface area contributed by atoms with E-state index < -0.39 is 0 Å². The van der Waals surface area contributed by atoms with Crippen molar-refractivity contribution in [1.82, 2.24) is 4.90 Å². The van der Waals surface area contributed by atoms with Crippen LogP contribution in [0, 0.1) is 0 Å². The predicted octanol–water partition coefficient (Wildman–Crippen LogP) is 3.34. The van der Waals surface area contributed by atoms with Crippen LogP contribution in [-0.2, 0) is 17.7 Å². The first kappa shape index (κ1) is 16.5. The van der Waals surface area contributed by atoms with E-state index in [0.29, 0.717) is 6.54 Å². The molecule has 0 radical (unpaired) electrons. The molecule has 0 amide bonds. The lowest BCUT2D eigenvalue weighted by Gasteiger charge is -2.26. The van der Waals surface area contributed by atoms with Crippen molar-refractivity contribution >= 4 is 11.6 Å². The zero-order chi connectivity index (χ0) is 16.1. The van der Waals surface area contributed by atoms with Crippen molar-refractivity contribution < 1.29 is 4.74 Å². The van der Waals surface area contributed by atoms with Gasteiger partial charge in [0.2, 0.25) is 0 Å². The summed E-state index contributed by atoms with van der Waals surface area (Å²) in [6.07, 6.45) is 0.874. The fraction of sp³-hybridized carbons (Fsp3) is 0.368. The summed E-state index contributed by atoms with van der Waals surface area (Å²) in [7, 11) is 0. The van der Waals surface area contributed by atoms with Gasteiger partial charge in [-0.15, -0.1) is 0 Å². The second-order valence-corrected chi connectivity index (χ2v) is 6.35. The molecule has 0 bridgehead atoms. The van der Waals surface area contributed by atoms with Crippen molar-refractivity contribution in [3.8, 4) is 11.1 Å². The first-order valence-electron chi connectivity index (χ1n) is 8.14. The molecule has 1 fully saturated rings. The molecule has 2 aromatic carbocycles. The first-order valence-corrected chi connectivity index (χ1v) is 8.52. The van der Waals surface area contributed by atoms with Crippen LogP contribution in [0.3, 0.4) is 0 Å². The van der Waals surface area contributed by atoms with Gasteiger partial charge in [0.15, 0.2) is 0 Å². The minimum absolute atomic E-state index is 0.652. The maximum Gasteiger partial charge on any atom is 0.0594 e. The number of morpholine rings is 1. The van der Waals surface area contributed by atoms with E-state index in [1.165, 1.54) is 11.1 Å². The van der Waals surface area contributed by atoms with Crippen LogP contribution in [0.2, 0.25) is 5.02 Å². The lowest BCUT2D eigenvalue weighted by atomic mass is 10.0. The van der Waals surface area contributed by atoms with E-state index in [1.807, 2.05) is 12.1 Å². The lowest BCUT2D eigenvalue weighted by molar-refractivity contribution is 0.0342. The third-order valence-electron chi connectivity index (χ3n) is 4.24. The topological polar surface area (TPSA) is 38.5 Å². The highest BCUT2D eigenvalue weighted by Crippen LogP contribution is 2.29. The molecule has 1 heterocycles. The molecule has 0 spiro atoms. The summed E-state index contributed by atoms with van der Waals surface area (Å²) >= 11 is 6.37. The van der Waals surface area contributed by atoms with Crippen LogP contribution in [0.25, 0.3) is 11.1 Å². The Labute approximate surface area is 143 Å². The van der Waals surface area contributed by atoms with Gasteiger partial charge in [0.25, 0.3) is 0 Å². The number of hydrogen-bond donors (Lipinski definition) is 1. The molecule has 1 saturated heterocycles. The van der Waals surface area contributed by atoms with Crippen LogP contribution in [0.4, 0.5) is 0 Å². The molecule has 2 aromatic rings. The molecule has 0 saturated carbocycles. The van der Waals surface area contributed by atoms with Gasteiger partial charge in [0.1, 0.15) is 0 Å². The van der Waals surface area contributed by atoms with Crippen LogP contribution in [0.15, 0.2) is 42.5 Å². The van der Waals surface area contributed by atoms with Crippen LogP contribution >= 0.6 is 11.6 Å². The van der Waals surface area contributed by atoms with E-state index in [9.17, 15) is 0 Å². The second-order valence-electron chi connectivity index (χ2n) is 5.94. The third kappa shape index (κ3) is 4.33. The molecule has 3 rings (SSSR count). The zero-order valence-corrected chi connectivity index (χ0v) is 14.1. The predicted molar refractivity (Wildman–Crippen MR) is 95.7 cm³/mol. The number of rotatable bonds is 5. The molecule has 0 unspecified atom stereocenters. The molecule has 122 valence electrons. The van der Waals surface area contributed by atoms with Crippen molar-refractivity contribution in [2.24, 2.45) is 5.73 Å². The van der Waals surface area contributed by atoms with Crippen molar-refractivity contribution in [1.29, 1.82) is 0 Å². The quantitative estimate of drug-likeness (QED) is 0.913. The summed E-state index contributed by atoms with van der Waals surface area (Å²) < 4.78 is 5.39. The largest absolute Gasteiger partial charge is 0.379 e. The summed E-state index contributed by atoms with van der Waals surface area (Å²) in [5.74, 6) is 0. The van der Waals surface area contributed by atoms with E-state index in [-0.39, 0.29) is 0 Å². The molecule has 0 aliphatic carbocycles. The lowest BCUT2D eigenvalue weighted by Crippen LogP contribution is -2.35. The molecule has 1 aliphatic rings. The van der Waals surface area contributed by atoms with Gasteiger partial charge in [0.05, 0.1) is 13.2 Å². The first-order chi connectivity index (χ1) is 11.3. The Bertz CT molecular complexity index is 636. The molecule has 1 aliphatic heterocycles. The second kappa shape index (κ2) is 7.93. The average molecular weight is 331 g/mol. The molecule has 23 heavy (non-hydrogen) atoms. The van der Waals surface area contributed by atoms with E-state index in [2.05, 4.69) is 35.2 Å². The number of nitrogens with two attached hydrogens (primary N) is 1. The van der Waals surface area contributed by atoms with Crippen molar-refractivity contribution in [3.63, 3.8) is 0 Å². The normalized spacial score (nSPS) is 15.7. The van der Waals surface area contributed by atoms with Crippen molar-refractivity contribution in [2.75, 3.05) is 32.8 Å². The number of nitrogens with zero attached hydrogens (tertiary/aromatic N) is 1. The van der Waals surface area contributed by atoms with Gasteiger partial charge >= 0.3 is 0 Å². The Hall–Kier alpha value is -1.39.